The van der Waals surface area contributed by atoms with Gasteiger partial charge in [0.25, 0.3) is 0 Å². The zero-order chi connectivity index (χ0) is 16.9. The van der Waals surface area contributed by atoms with Gasteiger partial charge in [0, 0.05) is 0 Å². The van der Waals surface area contributed by atoms with Gasteiger partial charge in [-0.1, -0.05) is 30.3 Å². The maximum absolute atomic E-state index is 13.1. The van der Waals surface area contributed by atoms with Crippen molar-refractivity contribution in [2.24, 2.45) is 0 Å². The van der Waals surface area contributed by atoms with Crippen LogP contribution in [-0.2, 0) is 11.3 Å². The van der Waals surface area contributed by atoms with E-state index < -0.39 is 5.97 Å². The van der Waals surface area contributed by atoms with E-state index in [9.17, 15) is 9.18 Å². The topological polar surface area (TPSA) is 53.4 Å². The molecular formula is C18H15FN2O3. The molecule has 3 aromatic rings. The molecule has 0 unspecified atom stereocenters. The molecule has 0 aliphatic rings. The lowest BCUT2D eigenvalue weighted by Crippen LogP contribution is -2.08. The zero-order valence-electron chi connectivity index (χ0n) is 13.0. The van der Waals surface area contributed by atoms with Gasteiger partial charge in [-0.3, -0.25) is 0 Å². The third-order valence-corrected chi connectivity index (χ3v) is 3.37. The monoisotopic (exact) mass is 326 g/mol. The molecule has 0 bridgehead atoms. The fourth-order valence-corrected chi connectivity index (χ4v) is 2.21. The van der Waals surface area contributed by atoms with Gasteiger partial charge in [-0.05, 0) is 29.8 Å². The first-order valence-corrected chi connectivity index (χ1v) is 7.28. The normalized spacial score (nSPS) is 10.4. The summed E-state index contributed by atoms with van der Waals surface area (Å²) in [6.07, 6.45) is 1.61. The average molecular weight is 326 g/mol. The quantitative estimate of drug-likeness (QED) is 0.675. The number of ether oxygens (including phenoxy) is 2. The van der Waals surface area contributed by atoms with Crippen molar-refractivity contribution in [3.05, 3.63) is 77.9 Å². The number of carbonyl (C=O) groups is 1. The molecule has 1 aromatic heterocycles. The van der Waals surface area contributed by atoms with Gasteiger partial charge in [0.1, 0.15) is 12.4 Å². The first kappa shape index (κ1) is 15.7. The van der Waals surface area contributed by atoms with Gasteiger partial charge in [-0.15, -0.1) is 0 Å². The number of para-hydroxylation sites is 1. The van der Waals surface area contributed by atoms with Gasteiger partial charge in [0.2, 0.25) is 5.69 Å². The van der Waals surface area contributed by atoms with Crippen molar-refractivity contribution < 1.29 is 18.7 Å². The molecule has 0 aliphatic carbocycles. The molecule has 6 heteroatoms. The second-order valence-electron chi connectivity index (χ2n) is 5.03. The Labute approximate surface area is 138 Å². The van der Waals surface area contributed by atoms with Gasteiger partial charge >= 0.3 is 5.97 Å². The number of aromatic nitrogens is 2. The molecule has 0 spiro atoms. The number of halogens is 1. The van der Waals surface area contributed by atoms with E-state index in [0.29, 0.717) is 11.3 Å². The predicted octanol–water partition coefficient (Wildman–Crippen LogP) is 3.38. The van der Waals surface area contributed by atoms with Crippen LogP contribution in [0.1, 0.15) is 16.1 Å². The lowest BCUT2D eigenvalue weighted by atomic mass is 10.2. The standard InChI is InChI=1S/C18H15FN2O3/c1-23-16-11-21(15-8-3-2-4-9-15)20-17(16)18(22)24-12-13-6-5-7-14(19)10-13/h2-11H,12H2,1H3. The highest BCUT2D eigenvalue weighted by atomic mass is 19.1. The van der Waals surface area contributed by atoms with E-state index in [1.165, 1.54) is 23.9 Å². The number of methoxy groups -OCH3 is 1. The molecule has 0 atom stereocenters. The lowest BCUT2D eigenvalue weighted by Gasteiger charge is -2.04. The largest absolute Gasteiger partial charge is 0.493 e. The summed E-state index contributed by atoms with van der Waals surface area (Å²) in [7, 11) is 1.45. The number of hydrogen-bond donors (Lipinski definition) is 0. The molecule has 3 rings (SSSR count). The van der Waals surface area contributed by atoms with Crippen LogP contribution in [0.2, 0.25) is 0 Å². The molecular weight excluding hydrogens is 311 g/mol. The van der Waals surface area contributed by atoms with Crippen molar-refractivity contribution in [1.82, 2.24) is 9.78 Å². The van der Waals surface area contributed by atoms with Crippen molar-refractivity contribution in [3.63, 3.8) is 0 Å². The molecule has 0 aliphatic heterocycles. The van der Waals surface area contributed by atoms with E-state index in [1.807, 2.05) is 30.3 Å². The Hall–Kier alpha value is -3.15. The molecule has 24 heavy (non-hydrogen) atoms. The van der Waals surface area contributed by atoms with Crippen LogP contribution in [0.15, 0.2) is 60.8 Å². The molecule has 0 fully saturated rings. The van der Waals surface area contributed by atoms with Crippen LogP contribution in [0.3, 0.4) is 0 Å². The zero-order valence-corrected chi connectivity index (χ0v) is 13.0. The van der Waals surface area contributed by atoms with Crippen molar-refractivity contribution >= 4 is 5.97 Å². The van der Waals surface area contributed by atoms with E-state index in [1.54, 1.807) is 18.3 Å². The number of nitrogens with zero attached hydrogens (tertiary/aromatic N) is 2. The number of hydrogen-bond acceptors (Lipinski definition) is 4. The van der Waals surface area contributed by atoms with Crippen LogP contribution in [-0.4, -0.2) is 22.9 Å². The molecule has 0 amide bonds. The van der Waals surface area contributed by atoms with Crippen molar-refractivity contribution in [2.75, 3.05) is 7.11 Å². The van der Waals surface area contributed by atoms with E-state index in [2.05, 4.69) is 5.10 Å². The van der Waals surface area contributed by atoms with Crippen LogP contribution >= 0.6 is 0 Å². The second-order valence-corrected chi connectivity index (χ2v) is 5.03. The van der Waals surface area contributed by atoms with Crippen LogP contribution < -0.4 is 4.74 Å². The summed E-state index contributed by atoms with van der Waals surface area (Å²) >= 11 is 0. The summed E-state index contributed by atoms with van der Waals surface area (Å²) in [5, 5.41) is 4.22. The van der Waals surface area contributed by atoms with E-state index in [0.717, 1.165) is 5.69 Å². The summed E-state index contributed by atoms with van der Waals surface area (Å²) in [5.41, 5.74) is 1.42. The fraction of sp³-hybridized carbons (Fsp3) is 0.111. The van der Waals surface area contributed by atoms with Gasteiger partial charge in [-0.2, -0.15) is 5.10 Å². The Bertz CT molecular complexity index is 846. The molecule has 0 N–H and O–H groups in total. The number of carbonyl (C=O) groups excluding carboxylic acids is 1. The molecule has 0 saturated heterocycles. The number of rotatable bonds is 5. The highest BCUT2D eigenvalue weighted by molar-refractivity contribution is 5.90. The van der Waals surface area contributed by atoms with E-state index in [-0.39, 0.29) is 18.1 Å². The Morgan fingerprint density at radius 3 is 2.67 bits per heavy atom. The lowest BCUT2D eigenvalue weighted by molar-refractivity contribution is 0.0461. The third kappa shape index (κ3) is 3.43. The maximum atomic E-state index is 13.1. The summed E-state index contributed by atoms with van der Waals surface area (Å²) in [4.78, 5) is 12.3. The first-order valence-electron chi connectivity index (χ1n) is 7.28. The SMILES string of the molecule is COc1cn(-c2ccccc2)nc1C(=O)OCc1cccc(F)c1. The predicted molar refractivity (Wildman–Crippen MR) is 85.6 cm³/mol. The molecule has 1 heterocycles. The third-order valence-electron chi connectivity index (χ3n) is 3.37. The van der Waals surface area contributed by atoms with Gasteiger partial charge < -0.3 is 9.47 Å². The summed E-state index contributed by atoms with van der Waals surface area (Å²) < 4.78 is 25.1. The highest BCUT2D eigenvalue weighted by Gasteiger charge is 2.20. The Morgan fingerprint density at radius 1 is 1.17 bits per heavy atom. The minimum atomic E-state index is -0.634. The summed E-state index contributed by atoms with van der Waals surface area (Å²) in [6, 6.07) is 15.2. The molecule has 0 saturated carbocycles. The fourth-order valence-electron chi connectivity index (χ4n) is 2.21. The smallest absolute Gasteiger partial charge is 0.363 e. The Kier molecular flexibility index (Phi) is 4.56. The van der Waals surface area contributed by atoms with Crippen LogP contribution in [0.25, 0.3) is 5.69 Å². The van der Waals surface area contributed by atoms with Crippen LogP contribution in [0, 0.1) is 5.82 Å². The van der Waals surface area contributed by atoms with Gasteiger partial charge in [0.15, 0.2) is 5.75 Å². The molecule has 122 valence electrons. The summed E-state index contributed by atoms with van der Waals surface area (Å²) in [5.74, 6) is -0.705. The minimum Gasteiger partial charge on any atom is -0.493 e. The van der Waals surface area contributed by atoms with Crippen LogP contribution in [0.5, 0.6) is 5.75 Å². The van der Waals surface area contributed by atoms with Crippen LogP contribution in [0.4, 0.5) is 4.39 Å². The number of benzene rings is 2. The average Bonchev–Trinajstić information content (AvgIpc) is 3.05. The molecule has 2 aromatic carbocycles. The van der Waals surface area contributed by atoms with E-state index >= 15 is 0 Å². The Balaban J connectivity index is 1.78. The van der Waals surface area contributed by atoms with Gasteiger partial charge in [0.05, 0.1) is 19.0 Å². The van der Waals surface area contributed by atoms with Gasteiger partial charge in [-0.25, -0.2) is 13.9 Å². The molecule has 5 nitrogen and oxygen atoms in total. The van der Waals surface area contributed by atoms with Crippen molar-refractivity contribution in [2.45, 2.75) is 6.61 Å². The second kappa shape index (κ2) is 6.95. The number of esters is 1. The van der Waals surface area contributed by atoms with E-state index in [4.69, 9.17) is 9.47 Å². The highest BCUT2D eigenvalue weighted by Crippen LogP contribution is 2.20. The first-order chi connectivity index (χ1) is 11.7. The summed E-state index contributed by atoms with van der Waals surface area (Å²) in [6.45, 7) is -0.0437. The van der Waals surface area contributed by atoms with Crippen molar-refractivity contribution in [3.8, 4) is 11.4 Å². The Morgan fingerprint density at radius 2 is 1.96 bits per heavy atom. The maximum Gasteiger partial charge on any atom is 0.363 e. The minimum absolute atomic E-state index is 0.0437. The molecule has 0 radical (unpaired) electrons. The van der Waals surface area contributed by atoms with Crippen molar-refractivity contribution in [1.29, 1.82) is 0 Å².